The highest BCUT2D eigenvalue weighted by Gasteiger charge is 2.26. The zero-order chi connectivity index (χ0) is 20.1. The van der Waals surface area contributed by atoms with Gasteiger partial charge in [0.05, 0.1) is 19.5 Å². The third-order valence-corrected chi connectivity index (χ3v) is 5.68. The monoisotopic (exact) mass is 406 g/mol. The Morgan fingerprint density at radius 3 is 2.36 bits per heavy atom. The quantitative estimate of drug-likeness (QED) is 0.649. The number of thioether (sulfide) groups is 1. The van der Waals surface area contributed by atoms with Crippen molar-refractivity contribution in [2.45, 2.75) is 24.3 Å². The molecule has 1 amide bonds. The van der Waals surface area contributed by atoms with Crippen LogP contribution in [0.4, 0.5) is 0 Å². The SMILES string of the molecule is CCN1CCN(C(=O)[C@@H](C)Sc2nnc(-c3cc(OC)cc(OC)c3)o2)CC1. The average molecular weight is 407 g/mol. The molecule has 1 aromatic heterocycles. The number of piperazine rings is 1. The van der Waals surface area contributed by atoms with Crippen LogP contribution in [0.2, 0.25) is 0 Å². The largest absolute Gasteiger partial charge is 0.497 e. The van der Waals surface area contributed by atoms with Crippen molar-refractivity contribution in [3.63, 3.8) is 0 Å². The summed E-state index contributed by atoms with van der Waals surface area (Å²) in [6.07, 6.45) is 0. The maximum Gasteiger partial charge on any atom is 0.277 e. The zero-order valence-electron chi connectivity index (χ0n) is 16.7. The van der Waals surface area contributed by atoms with Crippen molar-refractivity contribution in [2.75, 3.05) is 46.9 Å². The molecule has 0 N–H and O–H groups in total. The number of methoxy groups -OCH3 is 2. The lowest BCUT2D eigenvalue weighted by molar-refractivity contribution is -0.132. The Balaban J connectivity index is 1.65. The number of nitrogens with zero attached hydrogens (tertiary/aromatic N) is 4. The Morgan fingerprint density at radius 2 is 1.79 bits per heavy atom. The lowest BCUT2D eigenvalue weighted by Gasteiger charge is -2.35. The van der Waals surface area contributed by atoms with Crippen molar-refractivity contribution in [2.24, 2.45) is 0 Å². The minimum atomic E-state index is -0.290. The molecule has 3 rings (SSSR count). The number of amides is 1. The van der Waals surface area contributed by atoms with E-state index in [0.29, 0.717) is 28.2 Å². The number of aromatic nitrogens is 2. The number of rotatable bonds is 7. The van der Waals surface area contributed by atoms with E-state index >= 15 is 0 Å². The van der Waals surface area contributed by atoms with Gasteiger partial charge in [-0.3, -0.25) is 4.79 Å². The van der Waals surface area contributed by atoms with E-state index in [2.05, 4.69) is 22.0 Å². The predicted octanol–water partition coefficient (Wildman–Crippen LogP) is 2.40. The van der Waals surface area contributed by atoms with Gasteiger partial charge in [-0.2, -0.15) is 0 Å². The molecule has 0 radical (unpaired) electrons. The summed E-state index contributed by atoms with van der Waals surface area (Å²) < 4.78 is 16.3. The molecular formula is C19H26N4O4S. The Morgan fingerprint density at radius 1 is 1.14 bits per heavy atom. The fourth-order valence-corrected chi connectivity index (χ4v) is 3.82. The van der Waals surface area contributed by atoms with Crippen LogP contribution in [-0.4, -0.2) is 78.1 Å². The van der Waals surface area contributed by atoms with Crippen LogP contribution in [0.1, 0.15) is 13.8 Å². The van der Waals surface area contributed by atoms with Gasteiger partial charge in [0.2, 0.25) is 11.8 Å². The molecule has 0 aliphatic carbocycles. The Kier molecular flexibility index (Phi) is 6.79. The number of hydrogen-bond acceptors (Lipinski definition) is 8. The molecule has 1 aromatic carbocycles. The number of ether oxygens (including phenoxy) is 2. The summed E-state index contributed by atoms with van der Waals surface area (Å²) in [5.74, 6) is 1.73. The van der Waals surface area contributed by atoms with Gasteiger partial charge >= 0.3 is 0 Å². The lowest BCUT2D eigenvalue weighted by Crippen LogP contribution is -2.50. The number of likely N-dealkylation sites (N-methyl/N-ethyl adjacent to an activating group) is 1. The van der Waals surface area contributed by atoms with Crippen LogP contribution in [0.5, 0.6) is 11.5 Å². The van der Waals surface area contributed by atoms with Gasteiger partial charge in [0, 0.05) is 37.8 Å². The molecule has 8 nitrogen and oxygen atoms in total. The van der Waals surface area contributed by atoms with E-state index < -0.39 is 0 Å². The standard InChI is InChI=1S/C19H26N4O4S/c1-5-22-6-8-23(9-7-22)18(24)13(2)28-19-21-20-17(27-19)14-10-15(25-3)12-16(11-14)26-4/h10-13H,5-9H2,1-4H3/t13-/m1/s1. The lowest BCUT2D eigenvalue weighted by atomic mass is 10.2. The van der Waals surface area contributed by atoms with Crippen LogP contribution in [-0.2, 0) is 4.79 Å². The van der Waals surface area contributed by atoms with Gasteiger partial charge in [-0.15, -0.1) is 10.2 Å². The minimum absolute atomic E-state index is 0.101. The topological polar surface area (TPSA) is 80.9 Å². The predicted molar refractivity (Wildman–Crippen MR) is 107 cm³/mol. The molecule has 152 valence electrons. The molecule has 1 atom stereocenters. The van der Waals surface area contributed by atoms with Gasteiger partial charge in [-0.05, 0) is 25.6 Å². The van der Waals surface area contributed by atoms with Crippen molar-refractivity contribution in [3.8, 4) is 23.0 Å². The van der Waals surface area contributed by atoms with Crippen LogP contribution >= 0.6 is 11.8 Å². The van der Waals surface area contributed by atoms with Crippen molar-refractivity contribution >= 4 is 17.7 Å². The molecule has 28 heavy (non-hydrogen) atoms. The van der Waals surface area contributed by atoms with Gasteiger partial charge in [-0.25, -0.2) is 0 Å². The normalized spacial score (nSPS) is 16.1. The van der Waals surface area contributed by atoms with E-state index in [9.17, 15) is 4.79 Å². The maximum atomic E-state index is 12.7. The summed E-state index contributed by atoms with van der Waals surface area (Å²) in [4.78, 5) is 17.0. The fraction of sp³-hybridized carbons (Fsp3) is 0.526. The number of hydrogen-bond donors (Lipinski definition) is 0. The number of benzene rings is 1. The minimum Gasteiger partial charge on any atom is -0.497 e. The summed E-state index contributed by atoms with van der Waals surface area (Å²) in [5.41, 5.74) is 0.699. The van der Waals surface area contributed by atoms with Crippen molar-refractivity contribution in [1.29, 1.82) is 0 Å². The smallest absolute Gasteiger partial charge is 0.277 e. The first-order valence-electron chi connectivity index (χ1n) is 9.28. The highest BCUT2D eigenvalue weighted by atomic mass is 32.2. The van der Waals surface area contributed by atoms with Crippen LogP contribution in [0.25, 0.3) is 11.5 Å². The molecule has 0 spiro atoms. The van der Waals surface area contributed by atoms with Crippen molar-refractivity contribution in [3.05, 3.63) is 18.2 Å². The van der Waals surface area contributed by atoms with E-state index in [4.69, 9.17) is 13.9 Å². The van der Waals surface area contributed by atoms with Gasteiger partial charge in [-0.1, -0.05) is 18.7 Å². The highest BCUT2D eigenvalue weighted by molar-refractivity contribution is 8.00. The van der Waals surface area contributed by atoms with Gasteiger partial charge < -0.3 is 23.7 Å². The van der Waals surface area contributed by atoms with E-state index in [0.717, 1.165) is 32.7 Å². The maximum absolute atomic E-state index is 12.7. The van der Waals surface area contributed by atoms with Crippen molar-refractivity contribution in [1.82, 2.24) is 20.0 Å². The number of carbonyl (C=O) groups excluding carboxylic acids is 1. The molecule has 2 aromatic rings. The first-order chi connectivity index (χ1) is 13.5. The van der Waals surface area contributed by atoms with Gasteiger partial charge in [0.25, 0.3) is 5.22 Å². The third-order valence-electron chi connectivity index (χ3n) is 4.76. The first kappa shape index (κ1) is 20.5. The van der Waals surface area contributed by atoms with Gasteiger partial charge in [0.1, 0.15) is 11.5 Å². The molecular weight excluding hydrogens is 380 g/mol. The molecule has 1 aliphatic heterocycles. The van der Waals surface area contributed by atoms with E-state index in [1.54, 1.807) is 32.4 Å². The highest BCUT2D eigenvalue weighted by Crippen LogP contribution is 2.31. The van der Waals surface area contributed by atoms with Crippen molar-refractivity contribution < 1.29 is 18.7 Å². The summed E-state index contributed by atoms with van der Waals surface area (Å²) >= 11 is 1.28. The molecule has 1 fully saturated rings. The zero-order valence-corrected chi connectivity index (χ0v) is 17.5. The number of carbonyl (C=O) groups is 1. The van der Waals surface area contributed by atoms with Crippen LogP contribution in [0, 0.1) is 0 Å². The summed E-state index contributed by atoms with van der Waals surface area (Å²) in [6.45, 7) is 8.39. The Bertz CT molecular complexity index is 783. The first-order valence-corrected chi connectivity index (χ1v) is 10.2. The molecule has 0 unspecified atom stereocenters. The second-order valence-corrected chi connectivity index (χ2v) is 7.79. The second-order valence-electron chi connectivity index (χ2n) is 6.49. The summed E-state index contributed by atoms with van der Waals surface area (Å²) in [6, 6.07) is 5.37. The molecule has 1 aliphatic rings. The van der Waals surface area contributed by atoms with E-state index in [-0.39, 0.29) is 11.2 Å². The summed E-state index contributed by atoms with van der Waals surface area (Å²) in [5, 5.41) is 8.26. The van der Waals surface area contributed by atoms with E-state index in [1.165, 1.54) is 11.8 Å². The molecule has 0 bridgehead atoms. The van der Waals surface area contributed by atoms with Crippen LogP contribution < -0.4 is 9.47 Å². The third kappa shape index (κ3) is 4.77. The molecule has 9 heteroatoms. The van der Waals surface area contributed by atoms with Crippen LogP contribution in [0.15, 0.2) is 27.8 Å². The summed E-state index contributed by atoms with van der Waals surface area (Å²) in [7, 11) is 3.17. The molecule has 1 saturated heterocycles. The fourth-order valence-electron chi connectivity index (χ4n) is 3.05. The average Bonchev–Trinajstić information content (AvgIpc) is 3.21. The second kappa shape index (κ2) is 9.29. The van der Waals surface area contributed by atoms with Gasteiger partial charge in [0.15, 0.2) is 0 Å². The van der Waals surface area contributed by atoms with E-state index in [1.807, 2.05) is 11.8 Å². The Hall–Kier alpha value is -2.26. The molecule has 2 heterocycles. The Labute approximate surface area is 169 Å². The molecule has 0 saturated carbocycles. The van der Waals surface area contributed by atoms with Crippen LogP contribution in [0.3, 0.4) is 0 Å².